The zero-order chi connectivity index (χ0) is 21.7. The SMILES string of the molecule is COc1ccc(N(C(=O)CCc2cc(OC)c(OC)c(OC)c2)C(C)C2CC2)cc1. The third-order valence-corrected chi connectivity index (χ3v) is 5.68. The molecule has 30 heavy (non-hydrogen) atoms. The molecule has 0 aliphatic heterocycles. The first-order valence-electron chi connectivity index (χ1n) is 10.3. The summed E-state index contributed by atoms with van der Waals surface area (Å²) in [5.74, 6) is 3.20. The number of methoxy groups -OCH3 is 4. The molecular weight excluding hydrogens is 382 g/mol. The summed E-state index contributed by atoms with van der Waals surface area (Å²) in [6.45, 7) is 2.14. The lowest BCUT2D eigenvalue weighted by Crippen LogP contribution is -2.40. The summed E-state index contributed by atoms with van der Waals surface area (Å²) in [7, 11) is 6.40. The van der Waals surface area contributed by atoms with Gasteiger partial charge in [-0.15, -0.1) is 0 Å². The molecule has 1 aliphatic carbocycles. The molecule has 1 fully saturated rings. The van der Waals surface area contributed by atoms with Crippen molar-refractivity contribution >= 4 is 11.6 Å². The third-order valence-electron chi connectivity index (χ3n) is 5.68. The number of carbonyl (C=O) groups excluding carboxylic acids is 1. The van der Waals surface area contributed by atoms with E-state index in [1.165, 1.54) is 12.8 Å². The molecule has 0 radical (unpaired) electrons. The van der Waals surface area contributed by atoms with Crippen LogP contribution in [0.5, 0.6) is 23.0 Å². The Bertz CT molecular complexity index is 835. The fourth-order valence-electron chi connectivity index (χ4n) is 3.79. The Balaban J connectivity index is 1.79. The Kier molecular flexibility index (Phi) is 7.08. The first-order valence-corrected chi connectivity index (χ1v) is 10.3. The number of hydrogen-bond donors (Lipinski definition) is 0. The van der Waals surface area contributed by atoms with Gasteiger partial charge < -0.3 is 23.8 Å². The van der Waals surface area contributed by atoms with E-state index in [0.29, 0.717) is 36.0 Å². The molecule has 0 N–H and O–H groups in total. The van der Waals surface area contributed by atoms with Crippen LogP contribution in [-0.2, 0) is 11.2 Å². The number of ether oxygens (including phenoxy) is 4. The highest BCUT2D eigenvalue weighted by molar-refractivity contribution is 5.94. The molecule has 6 nitrogen and oxygen atoms in total. The number of hydrogen-bond acceptors (Lipinski definition) is 5. The molecule has 1 atom stereocenters. The summed E-state index contributed by atoms with van der Waals surface area (Å²) in [6, 6.07) is 11.7. The van der Waals surface area contributed by atoms with Crippen LogP contribution in [-0.4, -0.2) is 40.4 Å². The van der Waals surface area contributed by atoms with Gasteiger partial charge in [-0.25, -0.2) is 0 Å². The van der Waals surface area contributed by atoms with Crippen LogP contribution < -0.4 is 23.8 Å². The van der Waals surface area contributed by atoms with E-state index in [0.717, 1.165) is 17.0 Å². The highest BCUT2D eigenvalue weighted by Crippen LogP contribution is 2.39. The highest BCUT2D eigenvalue weighted by atomic mass is 16.5. The minimum absolute atomic E-state index is 0.105. The van der Waals surface area contributed by atoms with Crippen molar-refractivity contribution in [1.82, 2.24) is 0 Å². The quantitative estimate of drug-likeness (QED) is 0.575. The van der Waals surface area contributed by atoms with Crippen LogP contribution in [0.15, 0.2) is 36.4 Å². The van der Waals surface area contributed by atoms with Gasteiger partial charge >= 0.3 is 0 Å². The van der Waals surface area contributed by atoms with Crippen molar-refractivity contribution in [3.05, 3.63) is 42.0 Å². The van der Waals surface area contributed by atoms with Gasteiger partial charge in [0.1, 0.15) is 5.75 Å². The predicted molar refractivity (Wildman–Crippen MR) is 117 cm³/mol. The normalized spacial score (nSPS) is 14.0. The average Bonchev–Trinajstić information content (AvgIpc) is 3.63. The van der Waals surface area contributed by atoms with Gasteiger partial charge in [0, 0.05) is 18.2 Å². The number of anilines is 1. The van der Waals surface area contributed by atoms with Crippen LogP contribution in [0.1, 0.15) is 31.7 Å². The van der Waals surface area contributed by atoms with Crippen LogP contribution in [0.25, 0.3) is 0 Å². The second-order valence-corrected chi connectivity index (χ2v) is 7.57. The summed E-state index contributed by atoms with van der Waals surface area (Å²) in [6.07, 6.45) is 3.32. The molecule has 0 spiro atoms. The zero-order valence-corrected chi connectivity index (χ0v) is 18.4. The summed E-state index contributed by atoms with van der Waals surface area (Å²) >= 11 is 0. The van der Waals surface area contributed by atoms with Crippen molar-refractivity contribution in [3.8, 4) is 23.0 Å². The zero-order valence-electron chi connectivity index (χ0n) is 18.4. The molecule has 1 unspecified atom stereocenters. The maximum atomic E-state index is 13.3. The van der Waals surface area contributed by atoms with Crippen molar-refractivity contribution in [2.24, 2.45) is 5.92 Å². The first-order chi connectivity index (χ1) is 14.5. The molecule has 1 amide bonds. The Morgan fingerprint density at radius 1 is 0.967 bits per heavy atom. The lowest BCUT2D eigenvalue weighted by Gasteiger charge is -2.30. The Morgan fingerprint density at radius 3 is 2.03 bits per heavy atom. The van der Waals surface area contributed by atoms with E-state index in [9.17, 15) is 4.79 Å². The molecule has 162 valence electrons. The van der Waals surface area contributed by atoms with Crippen molar-refractivity contribution < 1.29 is 23.7 Å². The number of nitrogens with zero attached hydrogens (tertiary/aromatic N) is 1. The highest BCUT2D eigenvalue weighted by Gasteiger charge is 2.35. The minimum Gasteiger partial charge on any atom is -0.497 e. The van der Waals surface area contributed by atoms with E-state index in [2.05, 4.69) is 6.92 Å². The van der Waals surface area contributed by atoms with Crippen LogP contribution in [0, 0.1) is 5.92 Å². The number of rotatable bonds is 10. The first kappa shape index (κ1) is 21.8. The second-order valence-electron chi connectivity index (χ2n) is 7.57. The van der Waals surface area contributed by atoms with Crippen LogP contribution in [0.2, 0.25) is 0 Å². The molecule has 1 saturated carbocycles. The largest absolute Gasteiger partial charge is 0.497 e. The van der Waals surface area contributed by atoms with Gasteiger partial charge in [-0.05, 0) is 74.1 Å². The van der Waals surface area contributed by atoms with Crippen molar-refractivity contribution in [2.45, 2.75) is 38.6 Å². The number of amides is 1. The molecule has 0 aromatic heterocycles. The van der Waals surface area contributed by atoms with E-state index in [1.807, 2.05) is 41.3 Å². The van der Waals surface area contributed by atoms with E-state index < -0.39 is 0 Å². The van der Waals surface area contributed by atoms with E-state index >= 15 is 0 Å². The molecule has 2 aromatic rings. The van der Waals surface area contributed by atoms with Gasteiger partial charge in [0.2, 0.25) is 11.7 Å². The summed E-state index contributed by atoms with van der Waals surface area (Å²) < 4.78 is 21.5. The van der Waals surface area contributed by atoms with Gasteiger partial charge in [0.15, 0.2) is 11.5 Å². The third kappa shape index (κ3) is 4.81. The molecular formula is C24H31NO5. The predicted octanol–water partition coefficient (Wildman–Crippen LogP) is 4.49. The fraction of sp³-hybridized carbons (Fsp3) is 0.458. The van der Waals surface area contributed by atoms with Crippen LogP contribution in [0.4, 0.5) is 5.69 Å². The Morgan fingerprint density at radius 2 is 1.57 bits per heavy atom. The van der Waals surface area contributed by atoms with Gasteiger partial charge in [-0.2, -0.15) is 0 Å². The smallest absolute Gasteiger partial charge is 0.227 e. The van der Waals surface area contributed by atoms with Crippen LogP contribution in [0.3, 0.4) is 0 Å². The fourth-order valence-corrected chi connectivity index (χ4v) is 3.79. The lowest BCUT2D eigenvalue weighted by molar-refractivity contribution is -0.119. The number of aryl methyl sites for hydroxylation is 1. The monoisotopic (exact) mass is 413 g/mol. The van der Waals surface area contributed by atoms with E-state index in [1.54, 1.807) is 28.4 Å². The van der Waals surface area contributed by atoms with Gasteiger partial charge in [-0.1, -0.05) is 0 Å². The second kappa shape index (κ2) is 9.74. The molecule has 3 rings (SSSR count). The standard InChI is InChI=1S/C24H31NO5/c1-16(18-7-8-18)25(19-9-11-20(27-2)12-10-19)23(26)13-6-17-14-21(28-3)24(30-5)22(15-17)29-4/h9-12,14-16,18H,6-8,13H2,1-5H3. The number of benzene rings is 2. The van der Waals surface area contributed by atoms with Gasteiger partial charge in [0.05, 0.1) is 28.4 Å². The van der Waals surface area contributed by atoms with Gasteiger partial charge in [0.25, 0.3) is 0 Å². The molecule has 2 aromatic carbocycles. The van der Waals surface area contributed by atoms with E-state index in [4.69, 9.17) is 18.9 Å². The van der Waals surface area contributed by atoms with Gasteiger partial charge in [-0.3, -0.25) is 4.79 Å². The van der Waals surface area contributed by atoms with Crippen LogP contribution >= 0.6 is 0 Å². The van der Waals surface area contributed by atoms with E-state index in [-0.39, 0.29) is 11.9 Å². The van der Waals surface area contributed by atoms with Crippen molar-refractivity contribution in [1.29, 1.82) is 0 Å². The molecule has 0 saturated heterocycles. The van der Waals surface area contributed by atoms with Crippen molar-refractivity contribution in [2.75, 3.05) is 33.3 Å². The lowest BCUT2D eigenvalue weighted by atomic mass is 10.1. The minimum atomic E-state index is 0.105. The number of carbonyl (C=O) groups is 1. The molecule has 0 heterocycles. The summed E-state index contributed by atoms with van der Waals surface area (Å²) in [5, 5.41) is 0. The summed E-state index contributed by atoms with van der Waals surface area (Å²) in [4.78, 5) is 15.2. The maximum Gasteiger partial charge on any atom is 0.227 e. The Hall–Kier alpha value is -2.89. The molecule has 0 bridgehead atoms. The average molecular weight is 414 g/mol. The summed E-state index contributed by atoms with van der Waals surface area (Å²) in [5.41, 5.74) is 1.87. The topological polar surface area (TPSA) is 57.2 Å². The Labute approximate surface area is 178 Å². The molecule has 6 heteroatoms. The maximum absolute atomic E-state index is 13.3. The molecule has 1 aliphatic rings. The van der Waals surface area contributed by atoms with Crippen molar-refractivity contribution in [3.63, 3.8) is 0 Å².